The Kier molecular flexibility index (Phi) is 3.38. The van der Waals surface area contributed by atoms with Gasteiger partial charge in [0.05, 0.1) is 18.7 Å². The molecule has 0 saturated heterocycles. The number of aromatic nitrogens is 1. The highest BCUT2D eigenvalue weighted by atomic mass is 35.5. The molecule has 4 nitrogen and oxygen atoms in total. The minimum Gasteiger partial charge on any atom is -0.463 e. The molecule has 0 aromatic carbocycles. The van der Waals surface area contributed by atoms with E-state index in [9.17, 15) is 9.18 Å². The Bertz CT molecular complexity index is 599. The van der Waals surface area contributed by atoms with Crippen LogP contribution in [0.25, 0.3) is 6.08 Å². The number of pyridine rings is 1. The molecule has 6 heteroatoms. The minimum atomic E-state index is -0.581. The normalized spacial score (nSPS) is 17.6. The molecule has 106 valence electrons. The van der Waals surface area contributed by atoms with Gasteiger partial charge in [0.15, 0.2) is 11.0 Å². The van der Waals surface area contributed by atoms with Crippen LogP contribution in [0.2, 0.25) is 5.15 Å². The van der Waals surface area contributed by atoms with Gasteiger partial charge < -0.3 is 9.64 Å². The monoisotopic (exact) mass is 296 g/mol. The second-order valence-corrected chi connectivity index (χ2v) is 5.28. The Labute approximate surface area is 121 Å². The summed E-state index contributed by atoms with van der Waals surface area (Å²) < 4.78 is 18.6. The van der Waals surface area contributed by atoms with E-state index in [0.717, 1.165) is 12.8 Å². The van der Waals surface area contributed by atoms with E-state index < -0.39 is 5.82 Å². The molecule has 2 aliphatic rings. The van der Waals surface area contributed by atoms with Crippen LogP contribution < -0.4 is 4.90 Å². The highest BCUT2D eigenvalue weighted by Crippen LogP contribution is 2.38. The van der Waals surface area contributed by atoms with Gasteiger partial charge in [0.25, 0.3) is 0 Å². The fourth-order valence-electron chi connectivity index (χ4n) is 2.34. The first-order valence-corrected chi connectivity index (χ1v) is 6.98. The maximum atomic E-state index is 13.6. The first-order valence-electron chi connectivity index (χ1n) is 6.60. The SMILES string of the molecule is CCOC(=O)C1=Cc2cc(F)c(Cl)nc2N(C2CC2)C1. The number of carbonyl (C=O) groups is 1. The molecule has 1 aromatic heterocycles. The van der Waals surface area contributed by atoms with Crippen LogP contribution in [0.4, 0.5) is 10.2 Å². The van der Waals surface area contributed by atoms with Crippen molar-refractivity contribution in [3.05, 3.63) is 28.2 Å². The number of rotatable bonds is 3. The van der Waals surface area contributed by atoms with Gasteiger partial charge in [-0.2, -0.15) is 0 Å². The lowest BCUT2D eigenvalue weighted by Crippen LogP contribution is -2.34. The molecule has 0 bridgehead atoms. The van der Waals surface area contributed by atoms with Crippen LogP contribution in [0.1, 0.15) is 25.3 Å². The summed E-state index contributed by atoms with van der Waals surface area (Å²) in [5.41, 5.74) is 1.10. The largest absolute Gasteiger partial charge is 0.463 e. The topological polar surface area (TPSA) is 42.4 Å². The minimum absolute atomic E-state index is 0.137. The van der Waals surface area contributed by atoms with Crippen LogP contribution in [0, 0.1) is 5.82 Å². The number of anilines is 1. The van der Waals surface area contributed by atoms with Crippen LogP contribution in [0.5, 0.6) is 0 Å². The van der Waals surface area contributed by atoms with Crippen molar-refractivity contribution in [2.45, 2.75) is 25.8 Å². The van der Waals surface area contributed by atoms with Crippen LogP contribution >= 0.6 is 11.6 Å². The maximum Gasteiger partial charge on any atom is 0.335 e. The van der Waals surface area contributed by atoms with E-state index in [4.69, 9.17) is 16.3 Å². The lowest BCUT2D eigenvalue weighted by molar-refractivity contribution is -0.138. The maximum absolute atomic E-state index is 13.6. The first-order chi connectivity index (χ1) is 9.60. The van der Waals surface area contributed by atoms with Crippen molar-refractivity contribution in [3.63, 3.8) is 0 Å². The number of halogens is 2. The molecular weight excluding hydrogens is 283 g/mol. The Morgan fingerprint density at radius 3 is 3.00 bits per heavy atom. The molecule has 0 unspecified atom stereocenters. The third-order valence-corrected chi connectivity index (χ3v) is 3.67. The van der Waals surface area contributed by atoms with Crippen molar-refractivity contribution < 1.29 is 13.9 Å². The van der Waals surface area contributed by atoms with Gasteiger partial charge in [0.1, 0.15) is 5.82 Å². The molecule has 0 atom stereocenters. The summed E-state index contributed by atoms with van der Waals surface area (Å²) in [6.07, 6.45) is 3.73. The summed E-state index contributed by atoms with van der Waals surface area (Å²) in [6.45, 7) is 2.51. The van der Waals surface area contributed by atoms with Crippen LogP contribution in [0.3, 0.4) is 0 Å². The number of hydrogen-bond acceptors (Lipinski definition) is 4. The summed E-state index contributed by atoms with van der Waals surface area (Å²) >= 11 is 5.76. The highest BCUT2D eigenvalue weighted by molar-refractivity contribution is 6.29. The predicted molar refractivity (Wildman–Crippen MR) is 74.2 cm³/mol. The van der Waals surface area contributed by atoms with Gasteiger partial charge in [-0.1, -0.05) is 11.6 Å². The smallest absolute Gasteiger partial charge is 0.335 e. The molecule has 2 heterocycles. The summed E-state index contributed by atoms with van der Waals surface area (Å²) in [6, 6.07) is 1.67. The first kappa shape index (κ1) is 13.4. The third kappa shape index (κ3) is 2.38. The van der Waals surface area contributed by atoms with E-state index >= 15 is 0 Å². The number of carbonyl (C=O) groups excluding carboxylic acids is 1. The van der Waals surface area contributed by atoms with Crippen molar-refractivity contribution in [1.29, 1.82) is 0 Å². The third-order valence-electron chi connectivity index (χ3n) is 3.41. The van der Waals surface area contributed by atoms with E-state index in [0.29, 0.717) is 36.1 Å². The molecule has 0 amide bonds. The average Bonchev–Trinajstić information content (AvgIpc) is 3.23. The van der Waals surface area contributed by atoms with Crippen molar-refractivity contribution in [1.82, 2.24) is 4.98 Å². The van der Waals surface area contributed by atoms with Gasteiger partial charge in [0, 0.05) is 11.6 Å². The molecule has 20 heavy (non-hydrogen) atoms. The Hall–Kier alpha value is -1.62. The number of fused-ring (bicyclic) bond motifs is 1. The van der Waals surface area contributed by atoms with Gasteiger partial charge in [0.2, 0.25) is 0 Å². The van der Waals surface area contributed by atoms with E-state index in [1.54, 1.807) is 13.0 Å². The van der Waals surface area contributed by atoms with Crippen molar-refractivity contribution in [3.8, 4) is 0 Å². The van der Waals surface area contributed by atoms with Crippen molar-refractivity contribution in [2.75, 3.05) is 18.1 Å². The second-order valence-electron chi connectivity index (χ2n) is 4.92. The average molecular weight is 297 g/mol. The number of hydrogen-bond donors (Lipinski definition) is 0. The van der Waals surface area contributed by atoms with Gasteiger partial charge >= 0.3 is 5.97 Å². The summed E-state index contributed by atoms with van der Waals surface area (Å²) in [4.78, 5) is 18.0. The predicted octanol–water partition coefficient (Wildman–Crippen LogP) is 2.80. The lowest BCUT2D eigenvalue weighted by Gasteiger charge is -2.29. The fourth-order valence-corrected chi connectivity index (χ4v) is 2.47. The second kappa shape index (κ2) is 5.05. The molecule has 1 aliphatic heterocycles. The Morgan fingerprint density at radius 1 is 1.60 bits per heavy atom. The number of ether oxygens (including phenoxy) is 1. The van der Waals surface area contributed by atoms with E-state index in [-0.39, 0.29) is 11.1 Å². The van der Waals surface area contributed by atoms with E-state index in [1.165, 1.54) is 6.07 Å². The van der Waals surface area contributed by atoms with Crippen molar-refractivity contribution in [2.24, 2.45) is 0 Å². The van der Waals surface area contributed by atoms with Gasteiger partial charge in [-0.3, -0.25) is 0 Å². The molecule has 0 N–H and O–H groups in total. The molecule has 1 aromatic rings. The molecule has 0 radical (unpaired) electrons. The molecule has 1 aliphatic carbocycles. The molecule has 1 fully saturated rings. The quantitative estimate of drug-likeness (QED) is 0.635. The molecule has 0 spiro atoms. The van der Waals surface area contributed by atoms with Crippen LogP contribution in [0.15, 0.2) is 11.6 Å². The van der Waals surface area contributed by atoms with Crippen molar-refractivity contribution >= 4 is 29.5 Å². The molecule has 3 rings (SSSR count). The highest BCUT2D eigenvalue weighted by Gasteiger charge is 2.35. The zero-order valence-corrected chi connectivity index (χ0v) is 11.8. The fraction of sp³-hybridized carbons (Fsp3) is 0.429. The molecule has 1 saturated carbocycles. The number of nitrogens with zero attached hydrogens (tertiary/aromatic N) is 2. The summed E-state index contributed by atoms with van der Waals surface area (Å²) in [7, 11) is 0. The lowest BCUT2D eigenvalue weighted by atomic mass is 10.1. The molecular formula is C14H14ClFN2O2. The van der Waals surface area contributed by atoms with E-state index in [2.05, 4.69) is 4.98 Å². The van der Waals surface area contributed by atoms with E-state index in [1.807, 2.05) is 4.90 Å². The van der Waals surface area contributed by atoms with Gasteiger partial charge in [-0.25, -0.2) is 14.2 Å². The summed E-state index contributed by atoms with van der Waals surface area (Å²) in [5.74, 6) is -0.298. The summed E-state index contributed by atoms with van der Waals surface area (Å²) in [5, 5.41) is -0.137. The van der Waals surface area contributed by atoms with Crippen LogP contribution in [-0.4, -0.2) is 30.1 Å². The van der Waals surface area contributed by atoms with Gasteiger partial charge in [-0.05, 0) is 31.9 Å². The zero-order valence-electron chi connectivity index (χ0n) is 11.0. The van der Waals surface area contributed by atoms with Crippen LogP contribution in [-0.2, 0) is 9.53 Å². The zero-order chi connectivity index (χ0) is 14.3. The standard InChI is InChI=1S/C14H14ClFN2O2/c1-2-20-14(19)9-5-8-6-11(16)12(15)17-13(8)18(7-9)10-3-4-10/h5-6,10H,2-4,7H2,1H3. The Balaban J connectivity index is 2.02. The van der Waals surface area contributed by atoms with Gasteiger partial charge in [-0.15, -0.1) is 0 Å². The Morgan fingerprint density at radius 2 is 2.35 bits per heavy atom. The number of esters is 1.